The summed E-state index contributed by atoms with van der Waals surface area (Å²) in [5.74, 6) is 0. The van der Waals surface area contributed by atoms with Crippen LogP contribution in [-0.4, -0.2) is 17.8 Å². The minimum atomic E-state index is -0.534. The first-order chi connectivity index (χ1) is 6.81. The maximum Gasteiger partial charge on any atom is 0.0630 e. The molecule has 0 spiro atoms. The minimum absolute atomic E-state index is 0.163. The summed E-state index contributed by atoms with van der Waals surface area (Å²) in [4.78, 5) is 2.59. The van der Waals surface area contributed by atoms with Gasteiger partial charge in [-0.15, -0.1) is 0 Å². The van der Waals surface area contributed by atoms with Crippen LogP contribution in [0.3, 0.4) is 0 Å². The smallest absolute Gasteiger partial charge is 0.0630 e. The number of hydrogen-bond donors (Lipinski definition) is 1. The van der Waals surface area contributed by atoms with Gasteiger partial charge in [0.15, 0.2) is 0 Å². The Hall–Kier alpha value is -0.990. The van der Waals surface area contributed by atoms with Gasteiger partial charge in [-0.25, -0.2) is 0 Å². The lowest BCUT2D eigenvalue weighted by atomic mass is 10.1. The van der Waals surface area contributed by atoms with Crippen LogP contribution in [0.5, 0.6) is 0 Å². The first-order valence-corrected chi connectivity index (χ1v) is 5.15. The number of unbranched alkanes of at least 4 members (excludes halogenated alkanes) is 3. The summed E-state index contributed by atoms with van der Waals surface area (Å²) in [7, 11) is 0. The van der Waals surface area contributed by atoms with Crippen LogP contribution in [0.2, 0.25) is 0 Å². The van der Waals surface area contributed by atoms with Crippen LogP contribution in [-0.2, 0) is 0 Å². The molecule has 1 atom stereocenters. The second kappa shape index (κ2) is 10.1. The second-order valence-corrected chi connectivity index (χ2v) is 3.27. The van der Waals surface area contributed by atoms with E-state index in [4.69, 9.17) is 5.53 Å². The summed E-state index contributed by atoms with van der Waals surface area (Å²) in [5.41, 5.74) is 8.01. The minimum Gasteiger partial charge on any atom is -0.393 e. The molecule has 0 heterocycles. The Balaban J connectivity index is 3.36. The fraction of sp³-hybridized carbons (Fsp3) is 0.800. The molecule has 0 rings (SSSR count). The standard InChI is InChI=1S/C10H19N3O/c1-2-3-4-5-6-7-8-10(14)9-12-13-11/h6-7,10,14H,2-5,8-9H2,1H3/b7-6-. The van der Waals surface area contributed by atoms with Crippen molar-refractivity contribution in [2.75, 3.05) is 6.54 Å². The van der Waals surface area contributed by atoms with E-state index >= 15 is 0 Å². The molecule has 0 fully saturated rings. The van der Waals surface area contributed by atoms with Gasteiger partial charge in [0.1, 0.15) is 0 Å². The Kier molecular flexibility index (Phi) is 9.38. The van der Waals surface area contributed by atoms with Crippen LogP contribution in [0.25, 0.3) is 10.4 Å². The van der Waals surface area contributed by atoms with Gasteiger partial charge in [-0.05, 0) is 24.8 Å². The van der Waals surface area contributed by atoms with Gasteiger partial charge in [-0.3, -0.25) is 0 Å². The van der Waals surface area contributed by atoms with E-state index < -0.39 is 6.10 Å². The largest absolute Gasteiger partial charge is 0.393 e. The summed E-state index contributed by atoms with van der Waals surface area (Å²) in [5, 5.41) is 12.6. The van der Waals surface area contributed by atoms with E-state index in [1.165, 1.54) is 19.3 Å². The van der Waals surface area contributed by atoms with Crippen molar-refractivity contribution in [3.8, 4) is 0 Å². The van der Waals surface area contributed by atoms with Crippen LogP contribution in [0.15, 0.2) is 17.3 Å². The van der Waals surface area contributed by atoms with Crippen molar-refractivity contribution in [1.29, 1.82) is 0 Å². The van der Waals surface area contributed by atoms with E-state index in [0.29, 0.717) is 6.42 Å². The highest BCUT2D eigenvalue weighted by molar-refractivity contribution is 4.84. The number of hydrogen-bond acceptors (Lipinski definition) is 2. The molecule has 1 unspecified atom stereocenters. The molecular formula is C10H19N3O. The molecule has 0 aromatic rings. The lowest BCUT2D eigenvalue weighted by Crippen LogP contribution is -2.08. The molecule has 0 aliphatic heterocycles. The van der Waals surface area contributed by atoms with Gasteiger partial charge in [0.25, 0.3) is 0 Å². The normalized spacial score (nSPS) is 12.7. The number of nitrogens with zero attached hydrogens (tertiary/aromatic N) is 3. The number of aliphatic hydroxyl groups is 1. The lowest BCUT2D eigenvalue weighted by Gasteiger charge is -2.01. The topological polar surface area (TPSA) is 69.0 Å². The molecule has 0 radical (unpaired) electrons. The predicted octanol–water partition coefficient (Wildman–Crippen LogP) is 3.18. The van der Waals surface area contributed by atoms with Crippen LogP contribution in [0.4, 0.5) is 0 Å². The molecule has 4 heteroatoms. The molecule has 80 valence electrons. The summed E-state index contributed by atoms with van der Waals surface area (Å²) in [6.07, 6.45) is 8.83. The summed E-state index contributed by atoms with van der Waals surface area (Å²) in [6.45, 7) is 2.34. The van der Waals surface area contributed by atoms with Gasteiger partial charge >= 0.3 is 0 Å². The van der Waals surface area contributed by atoms with Gasteiger partial charge in [0, 0.05) is 4.91 Å². The number of azide groups is 1. The zero-order valence-electron chi connectivity index (χ0n) is 8.76. The van der Waals surface area contributed by atoms with Gasteiger partial charge in [-0.1, -0.05) is 37.0 Å². The van der Waals surface area contributed by atoms with Crippen molar-refractivity contribution in [3.63, 3.8) is 0 Å². The van der Waals surface area contributed by atoms with Crippen LogP contribution in [0, 0.1) is 0 Å². The van der Waals surface area contributed by atoms with Crippen molar-refractivity contribution >= 4 is 0 Å². The second-order valence-electron chi connectivity index (χ2n) is 3.27. The average molecular weight is 197 g/mol. The number of aliphatic hydroxyl groups excluding tert-OH is 1. The Labute approximate surface area is 85.3 Å². The predicted molar refractivity (Wildman–Crippen MR) is 57.9 cm³/mol. The third kappa shape index (κ3) is 9.10. The number of allylic oxidation sites excluding steroid dienone is 1. The van der Waals surface area contributed by atoms with Gasteiger partial charge in [0.05, 0.1) is 12.6 Å². The van der Waals surface area contributed by atoms with Crippen molar-refractivity contribution in [3.05, 3.63) is 22.6 Å². The van der Waals surface area contributed by atoms with Crippen LogP contribution in [0.1, 0.15) is 39.0 Å². The SMILES string of the molecule is CCCCC/C=C\CC(O)CN=[N+]=[N-]. The summed E-state index contributed by atoms with van der Waals surface area (Å²) >= 11 is 0. The van der Waals surface area contributed by atoms with E-state index in [2.05, 4.69) is 23.0 Å². The quantitative estimate of drug-likeness (QED) is 0.210. The molecule has 14 heavy (non-hydrogen) atoms. The molecule has 1 N–H and O–H groups in total. The third-order valence-corrected chi connectivity index (χ3v) is 1.90. The van der Waals surface area contributed by atoms with Crippen molar-refractivity contribution in [2.45, 2.75) is 45.1 Å². The van der Waals surface area contributed by atoms with Crippen LogP contribution >= 0.6 is 0 Å². The summed E-state index contributed by atoms with van der Waals surface area (Å²) < 4.78 is 0. The van der Waals surface area contributed by atoms with Crippen molar-refractivity contribution in [1.82, 2.24) is 0 Å². The molecule has 0 aromatic heterocycles. The van der Waals surface area contributed by atoms with E-state index in [0.717, 1.165) is 6.42 Å². The lowest BCUT2D eigenvalue weighted by molar-refractivity contribution is 0.186. The molecule has 0 aromatic carbocycles. The van der Waals surface area contributed by atoms with E-state index in [-0.39, 0.29) is 6.54 Å². The first kappa shape index (κ1) is 13.0. The molecule has 0 amide bonds. The molecule has 0 aliphatic carbocycles. The van der Waals surface area contributed by atoms with Crippen molar-refractivity contribution in [2.24, 2.45) is 5.11 Å². The Morgan fingerprint density at radius 3 is 2.86 bits per heavy atom. The highest BCUT2D eigenvalue weighted by atomic mass is 16.3. The first-order valence-electron chi connectivity index (χ1n) is 5.15. The van der Waals surface area contributed by atoms with Gasteiger partial charge in [0.2, 0.25) is 0 Å². The molecule has 0 aliphatic rings. The van der Waals surface area contributed by atoms with E-state index in [9.17, 15) is 5.11 Å². The molecule has 0 bridgehead atoms. The van der Waals surface area contributed by atoms with Crippen molar-refractivity contribution < 1.29 is 5.11 Å². The molecule has 4 nitrogen and oxygen atoms in total. The molecule has 0 saturated heterocycles. The van der Waals surface area contributed by atoms with E-state index in [1.54, 1.807) is 0 Å². The fourth-order valence-corrected chi connectivity index (χ4v) is 1.09. The maximum absolute atomic E-state index is 9.27. The molecule has 0 saturated carbocycles. The average Bonchev–Trinajstić information content (AvgIpc) is 2.20. The third-order valence-electron chi connectivity index (χ3n) is 1.90. The Bertz CT molecular complexity index is 198. The zero-order valence-corrected chi connectivity index (χ0v) is 8.76. The molecular weight excluding hydrogens is 178 g/mol. The highest BCUT2D eigenvalue weighted by Gasteiger charge is 1.97. The Morgan fingerprint density at radius 2 is 2.21 bits per heavy atom. The maximum atomic E-state index is 9.27. The van der Waals surface area contributed by atoms with E-state index in [1.807, 2.05) is 6.08 Å². The van der Waals surface area contributed by atoms with Gasteiger partial charge in [-0.2, -0.15) is 0 Å². The highest BCUT2D eigenvalue weighted by Crippen LogP contribution is 2.01. The monoisotopic (exact) mass is 197 g/mol. The van der Waals surface area contributed by atoms with Gasteiger partial charge < -0.3 is 5.11 Å². The zero-order chi connectivity index (χ0) is 10.6. The fourth-order valence-electron chi connectivity index (χ4n) is 1.09. The summed E-state index contributed by atoms with van der Waals surface area (Å²) in [6, 6.07) is 0. The Morgan fingerprint density at radius 1 is 1.43 bits per heavy atom. The van der Waals surface area contributed by atoms with Crippen LogP contribution < -0.4 is 0 Å². The number of rotatable bonds is 8.